The Morgan fingerprint density at radius 2 is 2.03 bits per heavy atom. The van der Waals surface area contributed by atoms with E-state index in [-0.39, 0.29) is 11.4 Å². The number of morpholine rings is 1. The fraction of sp³-hybridized carbons (Fsp3) is 0.273. The highest BCUT2D eigenvalue weighted by atomic mass is 32.1. The van der Waals surface area contributed by atoms with Crippen LogP contribution in [0.3, 0.4) is 0 Å². The van der Waals surface area contributed by atoms with Crippen LogP contribution in [0.4, 0.5) is 10.1 Å². The molecule has 0 radical (unpaired) electrons. The summed E-state index contributed by atoms with van der Waals surface area (Å²) < 4.78 is 28.3. The second kappa shape index (κ2) is 8.85. The highest BCUT2D eigenvalue weighted by molar-refractivity contribution is 7.22. The van der Waals surface area contributed by atoms with Gasteiger partial charge in [0.2, 0.25) is 0 Å². The van der Waals surface area contributed by atoms with Gasteiger partial charge in [0.05, 0.1) is 51.2 Å². The number of nitro benzene ring substituents is 1. The highest BCUT2D eigenvalue weighted by Crippen LogP contribution is 2.39. The molecule has 4 aromatic rings. The van der Waals surface area contributed by atoms with Gasteiger partial charge < -0.3 is 14.0 Å². The lowest BCUT2D eigenvalue weighted by atomic mass is 10.3. The fourth-order valence-electron chi connectivity index (χ4n) is 3.72. The molecule has 11 heteroatoms. The quantitative estimate of drug-likeness (QED) is 0.306. The van der Waals surface area contributed by atoms with E-state index in [9.17, 15) is 14.5 Å². The first-order chi connectivity index (χ1) is 16.0. The number of aromatic nitrogens is 3. The minimum Gasteiger partial charge on any atom is -0.453 e. The molecule has 33 heavy (non-hydrogen) atoms. The monoisotopic (exact) mass is 469 g/mol. The van der Waals surface area contributed by atoms with Gasteiger partial charge in [0.15, 0.2) is 11.6 Å². The van der Waals surface area contributed by atoms with Crippen molar-refractivity contribution in [1.82, 2.24) is 19.4 Å². The minimum atomic E-state index is -0.803. The summed E-state index contributed by atoms with van der Waals surface area (Å²) >= 11 is 1.45. The number of halogens is 1. The van der Waals surface area contributed by atoms with Gasteiger partial charge in [-0.1, -0.05) is 0 Å². The molecule has 0 atom stereocenters. The van der Waals surface area contributed by atoms with Crippen LogP contribution in [0, 0.1) is 15.9 Å². The van der Waals surface area contributed by atoms with Gasteiger partial charge in [-0.2, -0.15) is 0 Å². The molecule has 0 amide bonds. The molecular weight excluding hydrogens is 449 g/mol. The van der Waals surface area contributed by atoms with E-state index in [1.165, 1.54) is 23.5 Å². The first-order valence-electron chi connectivity index (χ1n) is 10.3. The molecule has 1 fully saturated rings. The van der Waals surface area contributed by atoms with E-state index in [2.05, 4.69) is 19.4 Å². The van der Waals surface area contributed by atoms with E-state index in [0.29, 0.717) is 11.3 Å². The van der Waals surface area contributed by atoms with Crippen molar-refractivity contribution >= 4 is 27.2 Å². The van der Waals surface area contributed by atoms with E-state index in [0.717, 1.165) is 60.0 Å². The van der Waals surface area contributed by atoms with Crippen LogP contribution in [0.1, 0.15) is 5.69 Å². The molecule has 9 nitrogen and oxygen atoms in total. The third-order valence-corrected chi connectivity index (χ3v) is 6.65. The van der Waals surface area contributed by atoms with E-state index < -0.39 is 10.7 Å². The van der Waals surface area contributed by atoms with Crippen molar-refractivity contribution in [3.8, 4) is 22.2 Å². The molecule has 170 valence electrons. The molecule has 0 spiro atoms. The number of thiophene rings is 1. The predicted molar refractivity (Wildman–Crippen MR) is 121 cm³/mol. The number of benzene rings is 1. The van der Waals surface area contributed by atoms with Gasteiger partial charge in [-0.15, -0.1) is 11.3 Å². The Kier molecular flexibility index (Phi) is 5.75. The number of imidazole rings is 1. The lowest BCUT2D eigenvalue weighted by Crippen LogP contribution is -2.36. The summed E-state index contributed by atoms with van der Waals surface area (Å²) in [5, 5.41) is 10.9. The SMILES string of the molecule is Cn1c(CN2CCOCC2)cnc1-c1cc2nccc(Oc3ccc([N+](=O)[O-])cc3F)c2s1. The van der Waals surface area contributed by atoms with Gasteiger partial charge in [-0.05, 0) is 12.1 Å². The number of fused-ring (bicyclic) bond motifs is 1. The van der Waals surface area contributed by atoms with E-state index >= 15 is 0 Å². The molecule has 1 aliphatic heterocycles. The van der Waals surface area contributed by atoms with Gasteiger partial charge in [-0.25, -0.2) is 9.37 Å². The Morgan fingerprint density at radius 3 is 2.79 bits per heavy atom. The molecule has 4 heterocycles. The van der Waals surface area contributed by atoms with Gasteiger partial charge in [0.1, 0.15) is 11.6 Å². The summed E-state index contributed by atoms with van der Waals surface area (Å²) in [6, 6.07) is 6.88. The van der Waals surface area contributed by atoms with Crippen LogP contribution in [-0.4, -0.2) is 50.7 Å². The molecule has 1 saturated heterocycles. The summed E-state index contributed by atoms with van der Waals surface area (Å²) in [5.41, 5.74) is 1.47. The molecule has 0 N–H and O–H groups in total. The standard InChI is InChI=1S/C22H20FN5O4S/c1-26-15(13-27-6-8-31-9-7-27)12-25-22(26)20-11-17-21(33-20)19(4-5-24-17)32-18-3-2-14(28(29)30)10-16(18)23/h2-5,10-12H,6-9,13H2,1H3. The lowest BCUT2D eigenvalue weighted by molar-refractivity contribution is -0.385. The van der Waals surface area contributed by atoms with Crippen molar-refractivity contribution in [1.29, 1.82) is 0 Å². The second-order valence-corrected chi connectivity index (χ2v) is 8.68. The maximum Gasteiger partial charge on any atom is 0.272 e. The average molecular weight is 469 g/mol. The molecule has 0 saturated carbocycles. The van der Waals surface area contributed by atoms with Crippen molar-refractivity contribution < 1.29 is 18.8 Å². The van der Waals surface area contributed by atoms with Crippen LogP contribution in [0.25, 0.3) is 20.9 Å². The molecule has 0 aliphatic carbocycles. The number of non-ortho nitro benzene ring substituents is 1. The maximum absolute atomic E-state index is 14.3. The van der Waals surface area contributed by atoms with Crippen LogP contribution in [0.5, 0.6) is 11.5 Å². The summed E-state index contributed by atoms with van der Waals surface area (Å²) in [6.07, 6.45) is 3.46. The first kappa shape index (κ1) is 21.4. The number of rotatable bonds is 6. The first-order valence-corrected chi connectivity index (χ1v) is 11.1. The van der Waals surface area contributed by atoms with Crippen molar-refractivity contribution in [3.05, 3.63) is 64.4 Å². The second-order valence-electron chi connectivity index (χ2n) is 7.63. The normalized spacial score (nSPS) is 14.6. The predicted octanol–water partition coefficient (Wildman–Crippen LogP) is 4.37. The van der Waals surface area contributed by atoms with Crippen LogP contribution in [0.2, 0.25) is 0 Å². The number of hydrogen-bond acceptors (Lipinski definition) is 8. The average Bonchev–Trinajstić information content (AvgIpc) is 3.40. The summed E-state index contributed by atoms with van der Waals surface area (Å²) in [5.74, 6) is 0.344. The van der Waals surface area contributed by atoms with Crippen molar-refractivity contribution in [2.24, 2.45) is 7.05 Å². The molecule has 1 aliphatic rings. The van der Waals surface area contributed by atoms with Crippen LogP contribution >= 0.6 is 11.3 Å². The van der Waals surface area contributed by atoms with Crippen molar-refractivity contribution in [2.75, 3.05) is 26.3 Å². The molecular formula is C22H20FN5O4S. The third-order valence-electron chi connectivity index (χ3n) is 5.52. The summed E-state index contributed by atoms with van der Waals surface area (Å²) in [7, 11) is 1.99. The number of pyridine rings is 1. The van der Waals surface area contributed by atoms with Crippen LogP contribution < -0.4 is 4.74 Å². The zero-order valence-electron chi connectivity index (χ0n) is 17.7. The molecule has 1 aromatic carbocycles. The van der Waals surface area contributed by atoms with Gasteiger partial charge in [-0.3, -0.25) is 20.0 Å². The number of ether oxygens (including phenoxy) is 2. The summed E-state index contributed by atoms with van der Waals surface area (Å²) in [4.78, 5) is 22.5. The Hall–Kier alpha value is -3.41. The van der Waals surface area contributed by atoms with Crippen LogP contribution in [-0.2, 0) is 18.3 Å². The van der Waals surface area contributed by atoms with Gasteiger partial charge in [0, 0.05) is 45.0 Å². The van der Waals surface area contributed by atoms with Gasteiger partial charge >= 0.3 is 0 Å². The van der Waals surface area contributed by atoms with E-state index in [4.69, 9.17) is 9.47 Å². The van der Waals surface area contributed by atoms with E-state index in [1.54, 1.807) is 12.3 Å². The Balaban J connectivity index is 1.43. The zero-order chi connectivity index (χ0) is 22.9. The zero-order valence-corrected chi connectivity index (χ0v) is 18.5. The topological polar surface area (TPSA) is 95.5 Å². The molecule has 0 bridgehead atoms. The summed E-state index contributed by atoms with van der Waals surface area (Å²) in [6.45, 7) is 4.07. The smallest absolute Gasteiger partial charge is 0.272 e. The Bertz CT molecular complexity index is 1330. The maximum atomic E-state index is 14.3. The van der Waals surface area contributed by atoms with Crippen LogP contribution in [0.15, 0.2) is 42.7 Å². The van der Waals surface area contributed by atoms with E-state index in [1.807, 2.05) is 19.3 Å². The highest BCUT2D eigenvalue weighted by Gasteiger charge is 2.19. The Morgan fingerprint density at radius 1 is 1.21 bits per heavy atom. The molecule has 5 rings (SSSR count). The van der Waals surface area contributed by atoms with Crippen molar-refractivity contribution in [3.63, 3.8) is 0 Å². The fourth-order valence-corrected chi connectivity index (χ4v) is 4.82. The van der Waals surface area contributed by atoms with Gasteiger partial charge in [0.25, 0.3) is 5.69 Å². The Labute approximate surface area is 192 Å². The molecule has 3 aromatic heterocycles. The number of hydrogen-bond donors (Lipinski definition) is 0. The number of nitro groups is 1. The minimum absolute atomic E-state index is 0.0900. The largest absolute Gasteiger partial charge is 0.453 e. The van der Waals surface area contributed by atoms with Crippen molar-refractivity contribution in [2.45, 2.75) is 6.54 Å². The molecule has 0 unspecified atom stereocenters. The number of nitrogens with zero attached hydrogens (tertiary/aromatic N) is 5. The third kappa shape index (κ3) is 4.30. The lowest BCUT2D eigenvalue weighted by Gasteiger charge is -2.26.